The maximum Gasteiger partial charge on any atom is 0.0154 e. The summed E-state index contributed by atoms with van der Waals surface area (Å²) in [5, 5.41) is 7.18. The van der Waals surface area contributed by atoms with E-state index in [1.807, 2.05) is 0 Å². The van der Waals surface area contributed by atoms with Crippen molar-refractivity contribution >= 4 is 0 Å². The van der Waals surface area contributed by atoms with E-state index < -0.39 is 0 Å². The highest BCUT2D eigenvalue weighted by Crippen LogP contribution is 2.34. The lowest BCUT2D eigenvalue weighted by Gasteiger charge is -2.29. The molecule has 0 spiro atoms. The van der Waals surface area contributed by atoms with Crippen molar-refractivity contribution in [3.05, 3.63) is 0 Å². The molecule has 0 aromatic heterocycles. The zero-order valence-corrected chi connectivity index (χ0v) is 8.90. The summed E-state index contributed by atoms with van der Waals surface area (Å²) in [6, 6.07) is 0. The van der Waals surface area contributed by atoms with E-state index in [2.05, 4.69) is 24.5 Å². The molecule has 1 heterocycles. The van der Waals surface area contributed by atoms with Crippen LogP contribution in [0.15, 0.2) is 0 Å². The van der Waals surface area contributed by atoms with Gasteiger partial charge in [-0.3, -0.25) is 0 Å². The van der Waals surface area contributed by atoms with Gasteiger partial charge in [-0.1, -0.05) is 6.92 Å². The molecule has 2 unspecified atom stereocenters. The van der Waals surface area contributed by atoms with Crippen LogP contribution in [0.2, 0.25) is 0 Å². The summed E-state index contributed by atoms with van der Waals surface area (Å²) in [5.74, 6) is 1.73. The van der Waals surface area contributed by atoms with Crippen molar-refractivity contribution in [1.82, 2.24) is 10.6 Å². The van der Waals surface area contributed by atoms with Crippen molar-refractivity contribution in [2.24, 2.45) is 11.8 Å². The van der Waals surface area contributed by atoms with Gasteiger partial charge in [0.05, 0.1) is 0 Å². The van der Waals surface area contributed by atoms with Gasteiger partial charge in [-0.15, -0.1) is 0 Å². The monoisotopic (exact) mass is 182 g/mol. The normalized spacial score (nSPS) is 37.4. The topological polar surface area (TPSA) is 24.1 Å². The number of rotatable bonds is 3. The third-order valence-electron chi connectivity index (χ3n) is 3.48. The number of piperidine rings is 1. The van der Waals surface area contributed by atoms with Gasteiger partial charge in [-0.05, 0) is 57.7 Å². The van der Waals surface area contributed by atoms with Crippen molar-refractivity contribution in [2.75, 3.05) is 19.6 Å². The molecule has 2 fully saturated rings. The Morgan fingerprint density at radius 3 is 2.77 bits per heavy atom. The molecule has 0 aromatic rings. The molecule has 2 N–H and O–H groups in total. The van der Waals surface area contributed by atoms with Crippen LogP contribution < -0.4 is 10.6 Å². The van der Waals surface area contributed by atoms with Gasteiger partial charge in [0.15, 0.2) is 0 Å². The van der Waals surface area contributed by atoms with Gasteiger partial charge in [-0.2, -0.15) is 0 Å². The van der Waals surface area contributed by atoms with Crippen LogP contribution in [0.3, 0.4) is 0 Å². The molecule has 0 amide bonds. The molecule has 2 rings (SSSR count). The molecule has 1 aliphatic heterocycles. The summed E-state index contributed by atoms with van der Waals surface area (Å²) in [6.07, 6.45) is 4.15. The lowest BCUT2D eigenvalue weighted by Crippen LogP contribution is -2.42. The van der Waals surface area contributed by atoms with Gasteiger partial charge in [0.25, 0.3) is 0 Å². The first-order chi connectivity index (χ1) is 6.18. The minimum absolute atomic E-state index is 0.515. The molecule has 76 valence electrons. The molecule has 0 radical (unpaired) electrons. The van der Waals surface area contributed by atoms with Crippen LogP contribution in [0.4, 0.5) is 0 Å². The Morgan fingerprint density at radius 2 is 2.15 bits per heavy atom. The molecule has 1 saturated heterocycles. The van der Waals surface area contributed by atoms with Crippen LogP contribution in [0.25, 0.3) is 0 Å². The lowest BCUT2D eigenvalue weighted by atomic mass is 9.91. The molecule has 2 nitrogen and oxygen atoms in total. The Balaban J connectivity index is 1.68. The zero-order chi connectivity index (χ0) is 9.31. The van der Waals surface area contributed by atoms with Gasteiger partial charge in [-0.25, -0.2) is 0 Å². The first-order valence-electron chi connectivity index (χ1n) is 5.64. The summed E-state index contributed by atoms with van der Waals surface area (Å²) in [6.45, 7) is 8.33. The Hall–Kier alpha value is -0.0800. The Kier molecular flexibility index (Phi) is 2.61. The molecule has 2 aliphatic rings. The van der Waals surface area contributed by atoms with E-state index in [4.69, 9.17) is 0 Å². The van der Waals surface area contributed by atoms with Gasteiger partial charge >= 0.3 is 0 Å². The van der Waals surface area contributed by atoms with Crippen LogP contribution in [-0.4, -0.2) is 25.2 Å². The van der Waals surface area contributed by atoms with E-state index in [1.165, 1.54) is 38.9 Å². The predicted molar refractivity (Wildman–Crippen MR) is 55.8 cm³/mol. The summed E-state index contributed by atoms with van der Waals surface area (Å²) in [5.41, 5.74) is 0.515. The second kappa shape index (κ2) is 3.58. The van der Waals surface area contributed by atoms with Crippen LogP contribution in [-0.2, 0) is 0 Å². The largest absolute Gasteiger partial charge is 0.316 e. The highest BCUT2D eigenvalue weighted by atomic mass is 15.0. The van der Waals surface area contributed by atoms with Crippen molar-refractivity contribution in [2.45, 2.75) is 38.6 Å². The van der Waals surface area contributed by atoms with E-state index in [0.717, 1.165) is 11.8 Å². The number of hydrogen-bond acceptors (Lipinski definition) is 2. The fraction of sp³-hybridized carbons (Fsp3) is 1.00. The first-order valence-corrected chi connectivity index (χ1v) is 5.64. The van der Waals surface area contributed by atoms with Crippen LogP contribution >= 0.6 is 0 Å². The first kappa shape index (κ1) is 9.47. The fourth-order valence-electron chi connectivity index (χ4n) is 2.18. The second-order valence-electron chi connectivity index (χ2n) is 5.31. The molecule has 2 atom stereocenters. The summed E-state index contributed by atoms with van der Waals surface area (Å²) in [4.78, 5) is 0. The van der Waals surface area contributed by atoms with Gasteiger partial charge < -0.3 is 10.6 Å². The Labute approximate surface area is 81.5 Å². The third kappa shape index (κ3) is 2.68. The quantitative estimate of drug-likeness (QED) is 0.689. The van der Waals surface area contributed by atoms with Crippen molar-refractivity contribution in [3.8, 4) is 0 Å². The highest BCUT2D eigenvalue weighted by Gasteiger charge is 2.37. The fourth-order valence-corrected chi connectivity index (χ4v) is 2.18. The minimum Gasteiger partial charge on any atom is -0.316 e. The van der Waals surface area contributed by atoms with Crippen molar-refractivity contribution in [3.63, 3.8) is 0 Å². The molecule has 2 heteroatoms. The highest BCUT2D eigenvalue weighted by molar-refractivity contribution is 4.97. The van der Waals surface area contributed by atoms with E-state index in [0.29, 0.717) is 5.54 Å². The van der Waals surface area contributed by atoms with Gasteiger partial charge in [0.2, 0.25) is 0 Å². The van der Waals surface area contributed by atoms with E-state index in [9.17, 15) is 0 Å². The maximum absolute atomic E-state index is 3.68. The zero-order valence-electron chi connectivity index (χ0n) is 8.90. The molecular formula is C11H22N2. The van der Waals surface area contributed by atoms with Crippen LogP contribution in [0, 0.1) is 11.8 Å². The smallest absolute Gasteiger partial charge is 0.0154 e. The molecular weight excluding hydrogens is 160 g/mol. The molecule has 0 aromatic carbocycles. The summed E-state index contributed by atoms with van der Waals surface area (Å²) < 4.78 is 0. The van der Waals surface area contributed by atoms with E-state index >= 15 is 0 Å². The van der Waals surface area contributed by atoms with Crippen LogP contribution in [0.1, 0.15) is 33.1 Å². The average Bonchev–Trinajstić information content (AvgIpc) is 2.82. The number of nitrogens with one attached hydrogen (secondary N) is 2. The van der Waals surface area contributed by atoms with Crippen LogP contribution in [0.5, 0.6) is 0 Å². The predicted octanol–water partition coefficient (Wildman–Crippen LogP) is 1.37. The minimum atomic E-state index is 0.515. The second-order valence-corrected chi connectivity index (χ2v) is 5.31. The van der Waals surface area contributed by atoms with Crippen molar-refractivity contribution < 1.29 is 0 Å². The standard InChI is InChI=1S/C11H22N2/c1-9-5-10(7-12-6-9)8-13-11(2)3-4-11/h9-10,12-13H,3-8H2,1-2H3. The Morgan fingerprint density at radius 1 is 1.38 bits per heavy atom. The van der Waals surface area contributed by atoms with Crippen molar-refractivity contribution in [1.29, 1.82) is 0 Å². The van der Waals surface area contributed by atoms with Gasteiger partial charge in [0, 0.05) is 5.54 Å². The maximum atomic E-state index is 3.68. The molecule has 13 heavy (non-hydrogen) atoms. The summed E-state index contributed by atoms with van der Waals surface area (Å²) in [7, 11) is 0. The SMILES string of the molecule is CC1CNCC(CNC2(C)CC2)C1. The third-order valence-corrected chi connectivity index (χ3v) is 3.48. The average molecular weight is 182 g/mol. The van der Waals surface area contributed by atoms with E-state index in [1.54, 1.807) is 0 Å². The number of hydrogen-bond donors (Lipinski definition) is 2. The van der Waals surface area contributed by atoms with E-state index in [-0.39, 0.29) is 0 Å². The summed E-state index contributed by atoms with van der Waals surface area (Å²) >= 11 is 0. The molecule has 1 saturated carbocycles. The molecule has 1 aliphatic carbocycles. The lowest BCUT2D eigenvalue weighted by molar-refractivity contribution is 0.284. The molecule has 0 bridgehead atoms. The van der Waals surface area contributed by atoms with Gasteiger partial charge in [0.1, 0.15) is 0 Å². The Bertz CT molecular complexity index is 175.